The zero-order valence-corrected chi connectivity index (χ0v) is 12.9. The van der Waals surface area contributed by atoms with Gasteiger partial charge in [0.2, 0.25) is 0 Å². The second-order valence-electron chi connectivity index (χ2n) is 4.43. The van der Waals surface area contributed by atoms with E-state index in [0.717, 1.165) is 23.7 Å². The first-order valence-corrected chi connectivity index (χ1v) is 7.48. The van der Waals surface area contributed by atoms with Gasteiger partial charge in [-0.25, -0.2) is 0 Å². The summed E-state index contributed by atoms with van der Waals surface area (Å²) in [6.45, 7) is 0.869. The average molecular weight is 317 g/mol. The van der Waals surface area contributed by atoms with E-state index in [9.17, 15) is 0 Å². The van der Waals surface area contributed by atoms with Gasteiger partial charge in [-0.2, -0.15) is 0 Å². The van der Waals surface area contributed by atoms with Crippen molar-refractivity contribution >= 4 is 11.6 Å². The monoisotopic (exact) mass is 316 g/mol. The van der Waals surface area contributed by atoms with Gasteiger partial charge in [-0.3, -0.25) is 0 Å². The molecule has 2 aromatic rings. The average Bonchev–Trinajstić information content (AvgIpc) is 2.56. The van der Waals surface area contributed by atoms with E-state index in [-0.39, 0.29) is 6.61 Å². The molecule has 22 heavy (non-hydrogen) atoms. The second kappa shape index (κ2) is 8.86. The van der Waals surface area contributed by atoms with Crippen molar-refractivity contribution in [1.29, 1.82) is 0 Å². The number of hydrogen-bond acceptors (Lipinski definition) is 3. The van der Waals surface area contributed by atoms with E-state index >= 15 is 0 Å². The van der Waals surface area contributed by atoms with Crippen LogP contribution < -0.4 is 14.2 Å². The minimum absolute atomic E-state index is 0.255. The van der Waals surface area contributed by atoms with E-state index in [2.05, 4.69) is 5.92 Å². The Morgan fingerprint density at radius 1 is 0.818 bits per heavy atom. The van der Waals surface area contributed by atoms with Crippen molar-refractivity contribution in [2.75, 3.05) is 19.1 Å². The second-order valence-corrected chi connectivity index (χ2v) is 4.81. The van der Waals surface area contributed by atoms with Crippen molar-refractivity contribution < 1.29 is 14.2 Å². The van der Waals surface area contributed by atoms with Gasteiger partial charge in [-0.15, -0.1) is 18.0 Å². The van der Waals surface area contributed by atoms with Crippen LogP contribution in [0.3, 0.4) is 0 Å². The van der Waals surface area contributed by atoms with Crippen molar-refractivity contribution in [3.63, 3.8) is 0 Å². The third-order valence-corrected chi connectivity index (χ3v) is 3.02. The summed E-state index contributed by atoms with van der Waals surface area (Å²) < 4.78 is 16.6. The molecule has 0 bridgehead atoms. The van der Waals surface area contributed by atoms with Gasteiger partial charge in [0.1, 0.15) is 29.6 Å². The Hall–Kier alpha value is -2.31. The third-order valence-electron chi connectivity index (χ3n) is 2.75. The molecule has 0 atom stereocenters. The highest BCUT2D eigenvalue weighted by Gasteiger charge is 2.00. The van der Waals surface area contributed by atoms with Gasteiger partial charge in [-0.1, -0.05) is 5.92 Å². The maximum atomic E-state index is 5.75. The van der Waals surface area contributed by atoms with Crippen molar-refractivity contribution in [2.45, 2.75) is 6.42 Å². The molecule has 2 rings (SSSR count). The van der Waals surface area contributed by atoms with Gasteiger partial charge in [0.25, 0.3) is 0 Å². The van der Waals surface area contributed by atoms with Gasteiger partial charge >= 0.3 is 0 Å². The minimum atomic E-state index is 0.255. The van der Waals surface area contributed by atoms with E-state index in [1.165, 1.54) is 0 Å². The van der Waals surface area contributed by atoms with Gasteiger partial charge in [0.05, 0.1) is 6.61 Å². The normalized spacial score (nSPS) is 9.82. The summed E-state index contributed by atoms with van der Waals surface area (Å²) in [7, 11) is 0. The summed E-state index contributed by atoms with van der Waals surface area (Å²) >= 11 is 5.60. The molecule has 0 saturated carbocycles. The maximum absolute atomic E-state index is 5.75. The summed E-state index contributed by atoms with van der Waals surface area (Å²) in [4.78, 5) is 0. The smallest absolute Gasteiger partial charge is 0.148 e. The lowest BCUT2D eigenvalue weighted by Gasteiger charge is -2.09. The lowest BCUT2D eigenvalue weighted by Crippen LogP contribution is -1.97. The topological polar surface area (TPSA) is 27.7 Å². The Labute approximate surface area is 135 Å². The summed E-state index contributed by atoms with van der Waals surface area (Å²) in [6, 6.07) is 14.7. The molecule has 4 heteroatoms. The molecule has 0 fully saturated rings. The van der Waals surface area contributed by atoms with Gasteiger partial charge in [-0.05, 0) is 55.0 Å². The van der Waals surface area contributed by atoms with Crippen molar-refractivity contribution in [3.8, 4) is 35.3 Å². The fourth-order valence-electron chi connectivity index (χ4n) is 1.71. The molecule has 0 aliphatic rings. The molecular formula is C18H17ClO3. The standard InChI is InChI=1S/C18H17ClO3/c1-2-13-20-15-4-8-17(9-5-15)22-18-10-6-16(7-11-18)21-14-3-12-19/h1,4-11H,3,12-14H2. The molecule has 0 spiro atoms. The van der Waals surface area contributed by atoms with Crippen LogP contribution in [0.25, 0.3) is 0 Å². The van der Waals surface area contributed by atoms with Crippen molar-refractivity contribution in [3.05, 3.63) is 48.5 Å². The Kier molecular flexibility index (Phi) is 6.47. The quantitative estimate of drug-likeness (QED) is 0.408. The third kappa shape index (κ3) is 5.23. The van der Waals surface area contributed by atoms with Crippen LogP contribution in [0.2, 0.25) is 0 Å². The van der Waals surface area contributed by atoms with Gasteiger partial charge < -0.3 is 14.2 Å². The summed E-state index contributed by atoms with van der Waals surface area (Å²) in [5.41, 5.74) is 0. The summed E-state index contributed by atoms with van der Waals surface area (Å²) in [6.07, 6.45) is 5.97. The maximum Gasteiger partial charge on any atom is 0.148 e. The van der Waals surface area contributed by atoms with Crippen LogP contribution in [0.15, 0.2) is 48.5 Å². The van der Waals surface area contributed by atoms with E-state index in [1.54, 1.807) is 0 Å². The molecule has 0 radical (unpaired) electrons. The van der Waals surface area contributed by atoms with Crippen molar-refractivity contribution in [1.82, 2.24) is 0 Å². The highest BCUT2D eigenvalue weighted by Crippen LogP contribution is 2.25. The first kappa shape index (κ1) is 16.1. The van der Waals surface area contributed by atoms with Crippen LogP contribution in [-0.4, -0.2) is 19.1 Å². The number of alkyl halides is 1. The van der Waals surface area contributed by atoms with Crippen LogP contribution in [0, 0.1) is 12.3 Å². The Balaban J connectivity index is 1.89. The van der Waals surface area contributed by atoms with Crippen LogP contribution >= 0.6 is 11.6 Å². The molecule has 0 saturated heterocycles. The molecule has 0 heterocycles. The van der Waals surface area contributed by atoms with E-state index in [0.29, 0.717) is 18.2 Å². The van der Waals surface area contributed by atoms with Gasteiger partial charge in [0, 0.05) is 5.88 Å². The molecular weight excluding hydrogens is 300 g/mol. The number of benzene rings is 2. The first-order chi connectivity index (χ1) is 10.8. The number of rotatable bonds is 8. The number of halogens is 1. The lowest BCUT2D eigenvalue weighted by molar-refractivity contribution is 0.318. The van der Waals surface area contributed by atoms with E-state index in [4.69, 9.17) is 32.2 Å². The SMILES string of the molecule is C#CCOc1ccc(Oc2ccc(OCCCCl)cc2)cc1. The Bertz CT molecular complexity index is 600. The zero-order valence-electron chi connectivity index (χ0n) is 12.1. The summed E-state index contributed by atoms with van der Waals surface area (Å²) in [5, 5.41) is 0. The highest BCUT2D eigenvalue weighted by molar-refractivity contribution is 6.17. The summed E-state index contributed by atoms with van der Waals surface area (Å²) in [5.74, 6) is 6.00. The molecule has 0 unspecified atom stereocenters. The first-order valence-electron chi connectivity index (χ1n) is 6.95. The molecule has 0 aromatic heterocycles. The number of hydrogen-bond donors (Lipinski definition) is 0. The van der Waals surface area contributed by atoms with E-state index < -0.39 is 0 Å². The largest absolute Gasteiger partial charge is 0.494 e. The fraction of sp³-hybridized carbons (Fsp3) is 0.222. The molecule has 114 valence electrons. The fourth-order valence-corrected chi connectivity index (χ4v) is 1.82. The van der Waals surface area contributed by atoms with E-state index in [1.807, 2.05) is 48.5 Å². The Morgan fingerprint density at radius 2 is 1.32 bits per heavy atom. The highest BCUT2D eigenvalue weighted by atomic mass is 35.5. The molecule has 0 amide bonds. The molecule has 0 aliphatic carbocycles. The van der Waals surface area contributed by atoms with Gasteiger partial charge in [0.15, 0.2) is 0 Å². The lowest BCUT2D eigenvalue weighted by atomic mass is 10.3. The van der Waals surface area contributed by atoms with Crippen molar-refractivity contribution in [2.24, 2.45) is 0 Å². The zero-order chi connectivity index (χ0) is 15.6. The van der Waals surface area contributed by atoms with Crippen LogP contribution in [0.1, 0.15) is 6.42 Å². The minimum Gasteiger partial charge on any atom is -0.494 e. The molecule has 0 N–H and O–H groups in total. The predicted octanol–water partition coefficient (Wildman–Crippen LogP) is 4.50. The Morgan fingerprint density at radius 3 is 1.82 bits per heavy atom. The number of ether oxygens (including phenoxy) is 3. The van der Waals surface area contributed by atoms with Crippen LogP contribution in [0.4, 0.5) is 0 Å². The van der Waals surface area contributed by atoms with Crippen LogP contribution in [-0.2, 0) is 0 Å². The molecule has 3 nitrogen and oxygen atoms in total. The molecule has 0 aliphatic heterocycles. The molecule has 2 aromatic carbocycles. The number of terminal acetylenes is 1. The predicted molar refractivity (Wildman–Crippen MR) is 88.1 cm³/mol. The van der Waals surface area contributed by atoms with Crippen LogP contribution in [0.5, 0.6) is 23.0 Å².